The van der Waals surface area contributed by atoms with E-state index in [2.05, 4.69) is 22.8 Å². The lowest BCUT2D eigenvalue weighted by atomic mass is 10.1. The molecule has 3 aromatic carbocycles. The van der Waals surface area contributed by atoms with Crippen LogP contribution in [-0.2, 0) is 11.2 Å². The third-order valence-corrected chi connectivity index (χ3v) is 5.29. The standard InChI is InChI=1S/C30H34N2O5/c1-22(2)37-27-14-10-24(11-15-27)21-28(30(35)31-18-19-33)32-29(34)25-12-16-26(17-13-25)36-20-6-9-23-7-4-3-5-8-23/h3-5,7-8,10-17,21-22,33H,6,9,18-20H2,1-2H3,(H,31,35)(H,32,34)/b28-21+. The van der Waals surface area contributed by atoms with Gasteiger partial charge in [0.1, 0.15) is 17.2 Å². The first-order valence-corrected chi connectivity index (χ1v) is 12.4. The Bertz CT molecular complexity index is 1160. The summed E-state index contributed by atoms with van der Waals surface area (Å²) in [4.78, 5) is 25.5. The molecule has 0 saturated carbocycles. The highest BCUT2D eigenvalue weighted by molar-refractivity contribution is 6.05. The summed E-state index contributed by atoms with van der Waals surface area (Å²) in [5.41, 5.74) is 2.44. The van der Waals surface area contributed by atoms with Crippen molar-refractivity contribution in [2.75, 3.05) is 19.8 Å². The van der Waals surface area contributed by atoms with E-state index in [-0.39, 0.29) is 25.0 Å². The van der Waals surface area contributed by atoms with Gasteiger partial charge in [0.15, 0.2) is 0 Å². The SMILES string of the molecule is CC(C)Oc1ccc(/C=C(/NC(=O)c2ccc(OCCCc3ccccc3)cc2)C(=O)NCCO)cc1. The highest BCUT2D eigenvalue weighted by Gasteiger charge is 2.15. The van der Waals surface area contributed by atoms with E-state index in [0.29, 0.717) is 29.2 Å². The van der Waals surface area contributed by atoms with Gasteiger partial charge in [0.2, 0.25) is 0 Å². The van der Waals surface area contributed by atoms with Crippen LogP contribution in [0.2, 0.25) is 0 Å². The molecule has 3 N–H and O–H groups in total. The summed E-state index contributed by atoms with van der Waals surface area (Å²) in [6, 6.07) is 24.2. The molecule has 0 atom stereocenters. The van der Waals surface area contributed by atoms with Gasteiger partial charge < -0.3 is 25.2 Å². The number of rotatable bonds is 13. The van der Waals surface area contributed by atoms with E-state index in [1.165, 1.54) is 5.56 Å². The topological polar surface area (TPSA) is 96.9 Å². The van der Waals surface area contributed by atoms with Gasteiger partial charge in [-0.25, -0.2) is 0 Å². The van der Waals surface area contributed by atoms with Gasteiger partial charge >= 0.3 is 0 Å². The second kappa shape index (κ2) is 14.5. The van der Waals surface area contributed by atoms with Crippen LogP contribution < -0.4 is 20.1 Å². The molecular weight excluding hydrogens is 468 g/mol. The Hall–Kier alpha value is -4.10. The Morgan fingerprint density at radius 2 is 1.59 bits per heavy atom. The molecule has 0 unspecified atom stereocenters. The Labute approximate surface area is 218 Å². The summed E-state index contributed by atoms with van der Waals surface area (Å²) in [7, 11) is 0. The van der Waals surface area contributed by atoms with E-state index in [0.717, 1.165) is 12.8 Å². The van der Waals surface area contributed by atoms with Gasteiger partial charge in [-0.15, -0.1) is 0 Å². The summed E-state index contributed by atoms with van der Waals surface area (Å²) in [5.74, 6) is 0.457. The quantitative estimate of drug-likeness (QED) is 0.238. The van der Waals surface area contributed by atoms with Crippen LogP contribution in [0.3, 0.4) is 0 Å². The van der Waals surface area contributed by atoms with Gasteiger partial charge in [-0.3, -0.25) is 9.59 Å². The lowest BCUT2D eigenvalue weighted by molar-refractivity contribution is -0.117. The molecule has 0 heterocycles. The molecule has 3 aromatic rings. The maximum absolute atomic E-state index is 12.9. The van der Waals surface area contributed by atoms with Crippen molar-refractivity contribution in [1.29, 1.82) is 0 Å². The summed E-state index contributed by atoms with van der Waals surface area (Å²) in [5, 5.41) is 14.3. The minimum absolute atomic E-state index is 0.0478. The number of hydrogen-bond donors (Lipinski definition) is 3. The molecule has 194 valence electrons. The molecule has 37 heavy (non-hydrogen) atoms. The number of hydrogen-bond acceptors (Lipinski definition) is 5. The fraction of sp³-hybridized carbons (Fsp3) is 0.267. The van der Waals surface area contributed by atoms with E-state index in [1.54, 1.807) is 54.6 Å². The molecule has 3 rings (SSSR count). The number of aliphatic hydroxyl groups excluding tert-OH is 1. The number of benzene rings is 3. The molecule has 0 spiro atoms. The van der Waals surface area contributed by atoms with Gasteiger partial charge in [-0.2, -0.15) is 0 Å². The fourth-order valence-electron chi connectivity index (χ4n) is 3.51. The van der Waals surface area contributed by atoms with Crippen molar-refractivity contribution < 1.29 is 24.2 Å². The van der Waals surface area contributed by atoms with Crippen molar-refractivity contribution >= 4 is 17.9 Å². The minimum atomic E-state index is -0.497. The normalized spacial score (nSPS) is 11.2. The van der Waals surface area contributed by atoms with Gasteiger partial charge in [-0.1, -0.05) is 42.5 Å². The Morgan fingerprint density at radius 1 is 0.919 bits per heavy atom. The van der Waals surface area contributed by atoms with Crippen LogP contribution in [0.4, 0.5) is 0 Å². The molecule has 0 aliphatic carbocycles. The van der Waals surface area contributed by atoms with E-state index >= 15 is 0 Å². The Morgan fingerprint density at radius 3 is 2.24 bits per heavy atom. The zero-order chi connectivity index (χ0) is 26.5. The predicted octanol–water partition coefficient (Wildman–Crippen LogP) is 4.36. The number of nitrogens with one attached hydrogen (secondary N) is 2. The Kier molecular flexibility index (Phi) is 10.7. The largest absolute Gasteiger partial charge is 0.494 e. The summed E-state index contributed by atoms with van der Waals surface area (Å²) >= 11 is 0. The number of amides is 2. The predicted molar refractivity (Wildman–Crippen MR) is 144 cm³/mol. The summed E-state index contributed by atoms with van der Waals surface area (Å²) in [6.45, 7) is 4.32. The van der Waals surface area contributed by atoms with Crippen molar-refractivity contribution in [2.24, 2.45) is 0 Å². The van der Waals surface area contributed by atoms with E-state index in [4.69, 9.17) is 14.6 Å². The van der Waals surface area contributed by atoms with Crippen LogP contribution in [-0.4, -0.2) is 42.8 Å². The number of aryl methyl sites for hydroxylation is 1. The first kappa shape index (κ1) is 27.5. The summed E-state index contributed by atoms with van der Waals surface area (Å²) < 4.78 is 11.4. The van der Waals surface area contributed by atoms with Crippen LogP contribution in [0, 0.1) is 0 Å². The number of carbonyl (C=O) groups excluding carboxylic acids is 2. The van der Waals surface area contributed by atoms with Crippen LogP contribution in [0.15, 0.2) is 84.6 Å². The van der Waals surface area contributed by atoms with Gasteiger partial charge in [0, 0.05) is 12.1 Å². The molecular formula is C30H34N2O5. The second-order valence-electron chi connectivity index (χ2n) is 8.69. The maximum atomic E-state index is 12.9. The van der Waals surface area contributed by atoms with E-state index in [1.807, 2.05) is 32.0 Å². The molecule has 2 amide bonds. The average molecular weight is 503 g/mol. The van der Waals surface area contributed by atoms with Crippen LogP contribution >= 0.6 is 0 Å². The van der Waals surface area contributed by atoms with Crippen molar-refractivity contribution in [3.05, 3.63) is 101 Å². The van der Waals surface area contributed by atoms with Gasteiger partial charge in [0.05, 0.1) is 19.3 Å². The van der Waals surface area contributed by atoms with Crippen molar-refractivity contribution in [2.45, 2.75) is 32.8 Å². The molecule has 0 aliphatic rings. The zero-order valence-electron chi connectivity index (χ0n) is 21.3. The van der Waals surface area contributed by atoms with Gasteiger partial charge in [-0.05, 0) is 80.3 Å². The number of ether oxygens (including phenoxy) is 2. The summed E-state index contributed by atoms with van der Waals surface area (Å²) in [6.07, 6.45) is 3.44. The molecule has 0 aliphatic heterocycles. The van der Waals surface area contributed by atoms with Crippen molar-refractivity contribution in [1.82, 2.24) is 10.6 Å². The van der Waals surface area contributed by atoms with Crippen molar-refractivity contribution in [3.8, 4) is 11.5 Å². The number of aliphatic hydroxyl groups is 1. The van der Waals surface area contributed by atoms with Crippen molar-refractivity contribution in [3.63, 3.8) is 0 Å². The average Bonchev–Trinajstić information content (AvgIpc) is 2.91. The van der Waals surface area contributed by atoms with Crippen LogP contribution in [0.5, 0.6) is 11.5 Å². The molecule has 0 fully saturated rings. The monoisotopic (exact) mass is 502 g/mol. The first-order valence-electron chi connectivity index (χ1n) is 12.4. The molecule has 0 saturated heterocycles. The maximum Gasteiger partial charge on any atom is 0.267 e. The second-order valence-corrected chi connectivity index (χ2v) is 8.69. The highest BCUT2D eigenvalue weighted by Crippen LogP contribution is 2.17. The van der Waals surface area contributed by atoms with E-state index < -0.39 is 11.8 Å². The lowest BCUT2D eigenvalue weighted by Crippen LogP contribution is -2.36. The third kappa shape index (κ3) is 9.46. The third-order valence-electron chi connectivity index (χ3n) is 5.29. The fourth-order valence-corrected chi connectivity index (χ4v) is 3.51. The van der Waals surface area contributed by atoms with Gasteiger partial charge in [0.25, 0.3) is 11.8 Å². The molecule has 0 radical (unpaired) electrons. The molecule has 7 heteroatoms. The van der Waals surface area contributed by atoms with E-state index in [9.17, 15) is 9.59 Å². The highest BCUT2D eigenvalue weighted by atomic mass is 16.5. The zero-order valence-corrected chi connectivity index (χ0v) is 21.3. The molecule has 7 nitrogen and oxygen atoms in total. The molecule has 0 bridgehead atoms. The lowest BCUT2D eigenvalue weighted by Gasteiger charge is -2.12. The first-order chi connectivity index (χ1) is 17.9. The van der Waals surface area contributed by atoms with Crippen LogP contribution in [0.25, 0.3) is 6.08 Å². The Balaban J connectivity index is 1.61. The number of carbonyl (C=O) groups is 2. The molecule has 0 aromatic heterocycles. The minimum Gasteiger partial charge on any atom is -0.494 e. The van der Waals surface area contributed by atoms with Crippen LogP contribution in [0.1, 0.15) is 41.8 Å². The smallest absolute Gasteiger partial charge is 0.267 e.